The van der Waals surface area contributed by atoms with E-state index in [4.69, 9.17) is 14.5 Å². The van der Waals surface area contributed by atoms with Gasteiger partial charge >= 0.3 is 5.97 Å². The molecule has 1 aliphatic carbocycles. The molecule has 10 rings (SSSR count). The Balaban J connectivity index is 0.769. The zero-order valence-electron chi connectivity index (χ0n) is 48.7. The quantitative estimate of drug-likeness (QED) is 0.0708. The third-order valence-corrected chi connectivity index (χ3v) is 18.0. The van der Waals surface area contributed by atoms with Crippen molar-refractivity contribution in [2.45, 2.75) is 150 Å². The van der Waals surface area contributed by atoms with Crippen LogP contribution in [0.25, 0.3) is 31.8 Å². The summed E-state index contributed by atoms with van der Waals surface area (Å²) in [6.45, 7) is 18.0. The number of aromatic nitrogens is 3. The van der Waals surface area contributed by atoms with Crippen LogP contribution in [0.15, 0.2) is 103 Å². The zero-order valence-corrected chi connectivity index (χ0v) is 50.3. The molecule has 1 saturated heterocycles. The third-order valence-electron chi connectivity index (χ3n) is 16.0. The Labute approximate surface area is 493 Å². The van der Waals surface area contributed by atoms with E-state index in [2.05, 4.69) is 36.9 Å². The highest BCUT2D eigenvalue weighted by Crippen LogP contribution is 2.38. The highest BCUT2D eigenvalue weighted by molar-refractivity contribution is 7.22. The average Bonchev–Trinajstić information content (AvgIpc) is 4.37. The molecular formula is C65H74N8O8S2. The number of nitrogens with one attached hydrogen (secondary N) is 3. The molecule has 4 amide bonds. The van der Waals surface area contributed by atoms with Gasteiger partial charge in [-0.15, -0.1) is 11.3 Å². The number of carbonyl (C=O) groups is 5. The summed E-state index contributed by atoms with van der Waals surface area (Å²) in [5.74, 6) is -0.448. The van der Waals surface area contributed by atoms with Gasteiger partial charge < -0.3 is 35.0 Å². The minimum atomic E-state index is -0.931. The van der Waals surface area contributed by atoms with E-state index >= 15 is 0 Å². The maximum Gasteiger partial charge on any atom is 0.358 e. The molecule has 1 saturated carbocycles. The van der Waals surface area contributed by atoms with Gasteiger partial charge in [0.1, 0.15) is 29.3 Å². The molecule has 5 heterocycles. The fourth-order valence-corrected chi connectivity index (χ4v) is 13.2. The van der Waals surface area contributed by atoms with Gasteiger partial charge in [0.25, 0.3) is 5.91 Å². The van der Waals surface area contributed by atoms with Crippen molar-refractivity contribution in [2.75, 3.05) is 23.3 Å². The lowest BCUT2D eigenvalue weighted by molar-refractivity contribution is -0.144. The lowest BCUT2D eigenvalue weighted by Gasteiger charge is -2.36. The van der Waals surface area contributed by atoms with Gasteiger partial charge in [0.2, 0.25) is 17.7 Å². The molecule has 16 nitrogen and oxygen atoms in total. The van der Waals surface area contributed by atoms with Gasteiger partial charge in [-0.25, -0.2) is 19.7 Å². The van der Waals surface area contributed by atoms with Crippen LogP contribution in [0.4, 0.5) is 10.9 Å². The predicted molar refractivity (Wildman–Crippen MR) is 326 cm³/mol. The van der Waals surface area contributed by atoms with Crippen LogP contribution in [0, 0.1) is 25.2 Å². The number of benzene rings is 4. The summed E-state index contributed by atoms with van der Waals surface area (Å²) in [5, 5.41) is 20.5. The highest BCUT2D eigenvalue weighted by Gasteiger charge is 2.45. The SMILES string of the molecule is Cc1ncsc1-c1ccc([C@@H](C)NC(=O)[C@@H]2C[C@@H](O)CN2C(=O)[C@@H](NC(=O)CC2CCC(Oc3cccc(-c4ccc(N5CCc6cccc(C(=O)Nc7nc8ccccc8s7)c6C5)nc4C(=O)OC(C)(C)C)c3C)CC2)C(C)(C)C)cc1. The Morgan fingerprint density at radius 3 is 2.29 bits per heavy atom. The number of anilines is 2. The largest absolute Gasteiger partial charge is 0.490 e. The number of thiazole rings is 2. The number of likely N-dealkylation sites (tertiary alicyclic amines) is 1. The van der Waals surface area contributed by atoms with Crippen molar-refractivity contribution in [3.8, 4) is 27.3 Å². The summed E-state index contributed by atoms with van der Waals surface area (Å²) < 4.78 is 13.7. The molecule has 434 valence electrons. The number of carbonyl (C=O) groups excluding carboxylic acids is 5. The minimum Gasteiger partial charge on any atom is -0.490 e. The highest BCUT2D eigenvalue weighted by atomic mass is 32.1. The Morgan fingerprint density at radius 2 is 1.58 bits per heavy atom. The number of pyridine rings is 1. The van der Waals surface area contributed by atoms with E-state index in [1.807, 2.05) is 159 Å². The number of para-hydroxylation sites is 1. The summed E-state index contributed by atoms with van der Waals surface area (Å²) in [6, 6.07) is 29.0. The second kappa shape index (κ2) is 24.3. The Hall–Kier alpha value is -7.54. The van der Waals surface area contributed by atoms with E-state index in [9.17, 15) is 29.1 Å². The standard InChI is InChI=1S/C65H74N8O8S2/c1-37-46(47-28-29-54(69-56(47)62(79)81-65(7,8)9)72-31-30-42-14-12-16-48(49(42)35-72)59(76)71-63-68-50-17-10-11-19-53(50)83-63)15-13-18-52(37)80-45-26-20-40(21-27-45)32-55(75)70-58(64(4,5)6)61(78)73-34-44(74)33-51(73)60(77)67-38(2)41-22-24-43(25-23-41)57-39(3)66-36-82-57/h10-19,22-25,28-29,36,38,40,44-45,51,58,74H,20-21,26-27,30-35H2,1-9H3,(H,67,77)(H,70,75)(H,68,71,76)/t38-,40?,44-,45?,51+,58-/m1/s1. The maximum absolute atomic E-state index is 14.4. The number of aliphatic hydroxyl groups excluding tert-OH is 1. The van der Waals surface area contributed by atoms with E-state index in [1.165, 1.54) is 16.2 Å². The van der Waals surface area contributed by atoms with Crippen LogP contribution < -0.4 is 25.6 Å². The van der Waals surface area contributed by atoms with Gasteiger partial charge in [0.05, 0.1) is 44.5 Å². The van der Waals surface area contributed by atoms with Crippen LogP contribution in [-0.4, -0.2) is 97.5 Å². The Kier molecular flexibility index (Phi) is 17.2. The second-order valence-electron chi connectivity index (χ2n) is 24.4. The number of rotatable bonds is 15. The van der Waals surface area contributed by atoms with Crippen LogP contribution in [0.2, 0.25) is 0 Å². The average molecular weight is 1160 g/mol. The van der Waals surface area contributed by atoms with Gasteiger partial charge in [-0.1, -0.05) is 92.8 Å². The van der Waals surface area contributed by atoms with Crippen LogP contribution in [0.1, 0.15) is 142 Å². The van der Waals surface area contributed by atoms with E-state index in [1.54, 1.807) is 11.3 Å². The molecule has 0 radical (unpaired) electrons. The van der Waals surface area contributed by atoms with Crippen molar-refractivity contribution in [3.63, 3.8) is 0 Å². The van der Waals surface area contributed by atoms with Crippen LogP contribution in [0.3, 0.4) is 0 Å². The van der Waals surface area contributed by atoms with E-state index in [0.717, 1.165) is 67.0 Å². The molecule has 4 aromatic carbocycles. The first-order valence-electron chi connectivity index (χ1n) is 28.7. The number of amides is 4. The van der Waals surface area contributed by atoms with E-state index in [-0.39, 0.29) is 60.9 Å². The molecule has 3 aromatic heterocycles. The number of hydrogen-bond acceptors (Lipinski definition) is 14. The first-order valence-corrected chi connectivity index (χ1v) is 30.4. The van der Waals surface area contributed by atoms with Gasteiger partial charge in [0.15, 0.2) is 10.8 Å². The first kappa shape index (κ1) is 58.6. The molecule has 3 aliphatic rings. The number of hydrogen-bond donors (Lipinski definition) is 4. The Morgan fingerprint density at radius 1 is 0.831 bits per heavy atom. The second-order valence-corrected chi connectivity index (χ2v) is 26.3. The molecule has 0 spiro atoms. The van der Waals surface area contributed by atoms with Crippen molar-refractivity contribution in [3.05, 3.63) is 142 Å². The summed E-state index contributed by atoms with van der Waals surface area (Å²) >= 11 is 3.01. The molecular weight excluding hydrogens is 1080 g/mol. The number of β-amino-alcohol motifs (C(OH)–C–C–N with tert-alkyl or cyclic N) is 1. The van der Waals surface area contributed by atoms with Crippen LogP contribution in [0.5, 0.6) is 5.75 Å². The number of esters is 1. The molecule has 2 aliphatic heterocycles. The predicted octanol–water partition coefficient (Wildman–Crippen LogP) is 11.6. The van der Waals surface area contributed by atoms with Gasteiger partial charge in [-0.2, -0.15) is 0 Å². The van der Waals surface area contributed by atoms with Crippen molar-refractivity contribution in [1.82, 2.24) is 30.5 Å². The molecule has 0 bridgehead atoms. The number of aliphatic hydroxyl groups is 1. The fourth-order valence-electron chi connectivity index (χ4n) is 11.6. The first-order chi connectivity index (χ1) is 39.6. The number of ether oxygens (including phenoxy) is 2. The smallest absolute Gasteiger partial charge is 0.358 e. The van der Waals surface area contributed by atoms with Crippen molar-refractivity contribution in [1.29, 1.82) is 0 Å². The summed E-state index contributed by atoms with van der Waals surface area (Å²) in [4.78, 5) is 88.9. The topological polar surface area (TPSA) is 205 Å². The zero-order chi connectivity index (χ0) is 58.9. The number of nitrogens with zero attached hydrogens (tertiary/aromatic N) is 5. The third kappa shape index (κ3) is 13.5. The number of aryl methyl sites for hydroxylation is 1. The van der Waals surface area contributed by atoms with Crippen LogP contribution >= 0.6 is 22.7 Å². The van der Waals surface area contributed by atoms with Crippen molar-refractivity contribution in [2.24, 2.45) is 11.3 Å². The summed E-state index contributed by atoms with van der Waals surface area (Å²) in [5.41, 5.74) is 9.02. The summed E-state index contributed by atoms with van der Waals surface area (Å²) in [7, 11) is 0. The van der Waals surface area contributed by atoms with Gasteiger partial charge in [-0.3, -0.25) is 24.5 Å². The maximum atomic E-state index is 14.4. The number of fused-ring (bicyclic) bond motifs is 2. The minimum absolute atomic E-state index is 0.00991. The van der Waals surface area contributed by atoms with Crippen molar-refractivity contribution < 1.29 is 38.6 Å². The van der Waals surface area contributed by atoms with E-state index < -0.39 is 41.1 Å². The van der Waals surface area contributed by atoms with Gasteiger partial charge in [0, 0.05) is 43.6 Å². The normalized spacial score (nSPS) is 18.9. The van der Waals surface area contributed by atoms with Gasteiger partial charge in [-0.05, 0) is 155 Å². The molecule has 2 fully saturated rings. The molecule has 4 N–H and O–H groups in total. The molecule has 0 unspecified atom stereocenters. The molecule has 83 heavy (non-hydrogen) atoms. The lowest BCUT2D eigenvalue weighted by Crippen LogP contribution is -2.58. The fraction of sp³-hybridized carbons (Fsp3) is 0.415. The monoisotopic (exact) mass is 1160 g/mol. The summed E-state index contributed by atoms with van der Waals surface area (Å²) in [6.07, 6.45) is 2.90. The van der Waals surface area contributed by atoms with E-state index in [0.29, 0.717) is 60.2 Å². The molecule has 18 heteroatoms. The molecule has 7 aromatic rings. The molecule has 4 atom stereocenters. The van der Waals surface area contributed by atoms with Crippen LogP contribution in [-0.2, 0) is 32.1 Å². The lowest BCUT2D eigenvalue weighted by atomic mass is 9.83. The Bertz CT molecular complexity index is 3520. The van der Waals surface area contributed by atoms with Crippen molar-refractivity contribution >= 4 is 73.4 Å².